The van der Waals surface area contributed by atoms with E-state index in [4.69, 9.17) is 4.74 Å². The first-order valence-electron chi connectivity index (χ1n) is 16.2. The van der Waals surface area contributed by atoms with Crippen molar-refractivity contribution in [1.82, 2.24) is 20.9 Å². The fourth-order valence-electron chi connectivity index (χ4n) is 6.12. The maximum atomic E-state index is 13.8. The molecular weight excluding hydrogens is 580 g/mol. The first kappa shape index (κ1) is 34.5. The topological polar surface area (TPSA) is 120 Å². The van der Waals surface area contributed by atoms with E-state index in [1.807, 2.05) is 107 Å². The Morgan fingerprint density at radius 2 is 1.52 bits per heavy atom. The van der Waals surface area contributed by atoms with Gasteiger partial charge in [0.05, 0.1) is 12.1 Å². The van der Waals surface area contributed by atoms with Gasteiger partial charge in [-0.05, 0) is 79.8 Å². The van der Waals surface area contributed by atoms with E-state index in [1.165, 1.54) is 0 Å². The first-order valence-corrected chi connectivity index (χ1v) is 16.2. The molecule has 1 fully saturated rings. The number of amides is 4. The fraction of sp³-hybridized carbons (Fsp3) is 0.432. The number of hydrogen-bond acceptors (Lipinski definition) is 5. The normalized spacial score (nSPS) is 15.8. The van der Waals surface area contributed by atoms with Crippen molar-refractivity contribution in [3.63, 3.8) is 0 Å². The molecule has 3 aromatic carbocycles. The molecule has 1 heterocycles. The molecule has 4 rings (SSSR count). The molecule has 0 bridgehead atoms. The van der Waals surface area contributed by atoms with Crippen LogP contribution in [0.4, 0.5) is 4.79 Å². The molecule has 9 nitrogen and oxygen atoms in total. The molecule has 1 aliphatic rings. The number of nitrogens with zero attached hydrogens (tertiary/aromatic N) is 1. The molecule has 3 aromatic rings. The molecule has 0 aromatic heterocycles. The van der Waals surface area contributed by atoms with Gasteiger partial charge in [0.15, 0.2) is 6.61 Å². The number of hydrogen-bond donors (Lipinski definition) is 4. The van der Waals surface area contributed by atoms with Gasteiger partial charge in [-0.15, -0.1) is 0 Å². The van der Waals surface area contributed by atoms with Crippen LogP contribution in [0.5, 0.6) is 5.75 Å². The third kappa shape index (κ3) is 10.3. The van der Waals surface area contributed by atoms with Gasteiger partial charge in [-0.3, -0.25) is 9.59 Å². The standard InChI is InChI=1S/C37H48N4O5/c1-25(2)35(41-17-11-16-38-37(41)45)36(44)39-30(21-28-12-7-5-8-13-28)23-33(42)32(22-29-14-9-6-10-15-29)40-34(43)24-46-31-19-26(3)18-27(4)20-31/h5-10,12-15,18-20,25,30,32-33,35,42H,11,16-17,21-24H2,1-4H3,(H,38,45)(H,39,44)(H,40,43)/t30-,32-,33-,35-/m1/s1. The van der Waals surface area contributed by atoms with Crippen LogP contribution in [0.3, 0.4) is 0 Å². The number of nitrogens with one attached hydrogen (secondary N) is 3. The Hall–Kier alpha value is -4.37. The van der Waals surface area contributed by atoms with Gasteiger partial charge in [0.25, 0.3) is 5.91 Å². The van der Waals surface area contributed by atoms with E-state index in [-0.39, 0.29) is 36.8 Å². The minimum atomic E-state index is -0.991. The summed E-state index contributed by atoms with van der Waals surface area (Å²) in [6.45, 7) is 8.71. The maximum absolute atomic E-state index is 13.8. The summed E-state index contributed by atoms with van der Waals surface area (Å²) in [5, 5.41) is 20.7. The fourth-order valence-corrected chi connectivity index (χ4v) is 6.12. The Labute approximate surface area is 272 Å². The highest BCUT2D eigenvalue weighted by atomic mass is 16.5. The highest BCUT2D eigenvalue weighted by Crippen LogP contribution is 2.19. The second-order valence-electron chi connectivity index (χ2n) is 12.6. The zero-order chi connectivity index (χ0) is 33.1. The van der Waals surface area contributed by atoms with Crippen LogP contribution in [0.15, 0.2) is 78.9 Å². The third-order valence-corrected chi connectivity index (χ3v) is 8.22. The number of aliphatic hydroxyl groups is 1. The lowest BCUT2D eigenvalue weighted by Gasteiger charge is -2.37. The minimum absolute atomic E-state index is 0.117. The van der Waals surface area contributed by atoms with Crippen molar-refractivity contribution in [3.8, 4) is 5.75 Å². The SMILES string of the molecule is Cc1cc(C)cc(OCC(=O)N[C@H](Cc2ccccc2)[C@H](O)C[C@@H](Cc2ccccc2)NC(=O)[C@@H](C(C)C)N2CCCNC2=O)c1. The number of urea groups is 1. The van der Waals surface area contributed by atoms with E-state index in [9.17, 15) is 19.5 Å². The summed E-state index contributed by atoms with van der Waals surface area (Å²) >= 11 is 0. The van der Waals surface area contributed by atoms with E-state index < -0.39 is 24.2 Å². The van der Waals surface area contributed by atoms with E-state index in [2.05, 4.69) is 16.0 Å². The lowest BCUT2D eigenvalue weighted by Crippen LogP contribution is -2.59. The van der Waals surface area contributed by atoms with Crippen LogP contribution < -0.4 is 20.7 Å². The van der Waals surface area contributed by atoms with Gasteiger partial charge in [-0.25, -0.2) is 4.79 Å². The Morgan fingerprint density at radius 1 is 0.913 bits per heavy atom. The molecule has 0 saturated carbocycles. The summed E-state index contributed by atoms with van der Waals surface area (Å²) in [6.07, 6.45) is 0.833. The van der Waals surface area contributed by atoms with Gasteiger partial charge < -0.3 is 30.7 Å². The molecule has 4 atom stereocenters. The molecule has 4 N–H and O–H groups in total. The van der Waals surface area contributed by atoms with E-state index >= 15 is 0 Å². The van der Waals surface area contributed by atoms with Gasteiger partial charge in [-0.2, -0.15) is 0 Å². The average molecular weight is 629 g/mol. The largest absolute Gasteiger partial charge is 0.484 e. The van der Waals surface area contributed by atoms with Gasteiger partial charge in [0, 0.05) is 19.1 Å². The summed E-state index contributed by atoms with van der Waals surface area (Å²) in [5.74, 6) is -0.113. The van der Waals surface area contributed by atoms with Crippen molar-refractivity contribution in [2.45, 2.75) is 77.6 Å². The van der Waals surface area contributed by atoms with E-state index in [1.54, 1.807) is 4.90 Å². The third-order valence-electron chi connectivity index (χ3n) is 8.22. The molecule has 1 aliphatic heterocycles. The minimum Gasteiger partial charge on any atom is -0.484 e. The molecule has 9 heteroatoms. The van der Waals surface area contributed by atoms with Crippen LogP contribution in [-0.4, -0.2) is 71.8 Å². The molecule has 0 radical (unpaired) electrons. The number of benzene rings is 3. The predicted molar refractivity (Wildman–Crippen MR) is 180 cm³/mol. The Bertz CT molecular complexity index is 1410. The van der Waals surface area contributed by atoms with Crippen LogP contribution in [0.1, 0.15) is 48.9 Å². The van der Waals surface area contributed by atoms with Crippen molar-refractivity contribution in [2.24, 2.45) is 5.92 Å². The second-order valence-corrected chi connectivity index (χ2v) is 12.6. The summed E-state index contributed by atoms with van der Waals surface area (Å²) in [5.41, 5.74) is 4.05. The average Bonchev–Trinajstić information content (AvgIpc) is 3.01. The van der Waals surface area contributed by atoms with Gasteiger partial charge in [-0.1, -0.05) is 80.6 Å². The zero-order valence-electron chi connectivity index (χ0n) is 27.4. The van der Waals surface area contributed by atoms with E-state index in [0.29, 0.717) is 31.7 Å². The van der Waals surface area contributed by atoms with Crippen LogP contribution in [0.25, 0.3) is 0 Å². The number of rotatable bonds is 15. The van der Waals surface area contributed by atoms with Gasteiger partial charge in [0.2, 0.25) is 5.91 Å². The van der Waals surface area contributed by atoms with Gasteiger partial charge in [0.1, 0.15) is 11.8 Å². The smallest absolute Gasteiger partial charge is 0.318 e. The number of aliphatic hydroxyl groups excluding tert-OH is 1. The second kappa shape index (κ2) is 16.8. The summed E-state index contributed by atoms with van der Waals surface area (Å²) in [4.78, 5) is 41.3. The van der Waals surface area contributed by atoms with Gasteiger partial charge >= 0.3 is 6.03 Å². The summed E-state index contributed by atoms with van der Waals surface area (Å²) < 4.78 is 5.80. The van der Waals surface area contributed by atoms with Crippen molar-refractivity contribution < 1.29 is 24.2 Å². The molecule has 4 amide bonds. The highest BCUT2D eigenvalue weighted by molar-refractivity contribution is 5.87. The molecule has 46 heavy (non-hydrogen) atoms. The quantitative estimate of drug-likeness (QED) is 0.200. The number of carbonyl (C=O) groups excluding carboxylic acids is 3. The summed E-state index contributed by atoms with van der Waals surface area (Å²) in [7, 11) is 0. The van der Waals surface area contributed by atoms with Crippen LogP contribution >= 0.6 is 0 Å². The molecule has 1 saturated heterocycles. The lowest BCUT2D eigenvalue weighted by molar-refractivity contribution is -0.128. The monoisotopic (exact) mass is 628 g/mol. The van der Waals surface area contributed by atoms with Crippen molar-refractivity contribution in [3.05, 3.63) is 101 Å². The maximum Gasteiger partial charge on any atom is 0.318 e. The number of carbonyl (C=O) groups is 3. The molecule has 246 valence electrons. The lowest BCUT2D eigenvalue weighted by atomic mass is 9.92. The molecule has 0 aliphatic carbocycles. The number of aryl methyl sites for hydroxylation is 2. The Kier molecular flexibility index (Phi) is 12.6. The van der Waals surface area contributed by atoms with Crippen molar-refractivity contribution >= 4 is 17.8 Å². The Balaban J connectivity index is 1.51. The molecular formula is C37H48N4O5. The van der Waals surface area contributed by atoms with Crippen LogP contribution in [0.2, 0.25) is 0 Å². The predicted octanol–water partition coefficient (Wildman–Crippen LogP) is 4.33. The number of ether oxygens (including phenoxy) is 1. The van der Waals surface area contributed by atoms with Crippen LogP contribution in [0, 0.1) is 19.8 Å². The Morgan fingerprint density at radius 3 is 2.11 bits per heavy atom. The summed E-state index contributed by atoms with van der Waals surface area (Å²) in [6, 6.07) is 23.3. The highest BCUT2D eigenvalue weighted by Gasteiger charge is 2.35. The van der Waals surface area contributed by atoms with Crippen molar-refractivity contribution in [2.75, 3.05) is 19.7 Å². The molecule has 0 spiro atoms. The first-order chi connectivity index (χ1) is 22.1. The van der Waals surface area contributed by atoms with E-state index in [0.717, 1.165) is 28.7 Å². The zero-order valence-corrected chi connectivity index (χ0v) is 27.4. The molecule has 0 unspecified atom stereocenters. The van der Waals surface area contributed by atoms with Crippen molar-refractivity contribution in [1.29, 1.82) is 0 Å². The van der Waals surface area contributed by atoms with Crippen LogP contribution in [-0.2, 0) is 22.4 Å².